The molecule has 0 heterocycles. The number of hydrogen-bond acceptors (Lipinski definition) is 5. The first kappa shape index (κ1) is 35.6. The number of ether oxygens (including phenoxy) is 1. The highest BCUT2D eigenvalue weighted by atomic mass is 32.2. The molecule has 0 aromatic heterocycles. The van der Waals surface area contributed by atoms with Crippen molar-refractivity contribution in [2.24, 2.45) is 0 Å². The fourth-order valence-corrected chi connectivity index (χ4v) is 7.66. The number of rotatable bonds is 14. The lowest BCUT2D eigenvalue weighted by molar-refractivity contribution is -0.140. The number of amides is 2. The third-order valence-corrected chi connectivity index (χ3v) is 10.6. The molecule has 4 aromatic rings. The normalized spacial score (nSPS) is 14.1. The molecule has 4 aromatic carbocycles. The number of carbonyl (C=O) groups is 2. The molecule has 0 radical (unpaired) electrons. The summed E-state index contributed by atoms with van der Waals surface area (Å²) in [6.07, 6.45) is 5.15. The molecule has 1 atom stereocenters. The number of carbonyl (C=O) groups excluding carboxylic acids is 2. The van der Waals surface area contributed by atoms with Gasteiger partial charge in [-0.2, -0.15) is 0 Å². The van der Waals surface area contributed by atoms with Crippen LogP contribution in [0.15, 0.2) is 108 Å². The van der Waals surface area contributed by atoms with Crippen LogP contribution >= 0.6 is 0 Å². The Morgan fingerprint density at radius 3 is 2.20 bits per heavy atom. The number of benzene rings is 4. The Balaban J connectivity index is 1.55. The molecule has 0 saturated heterocycles. The Bertz CT molecular complexity index is 1790. The molecule has 1 saturated carbocycles. The first-order valence-corrected chi connectivity index (χ1v) is 18.3. The lowest BCUT2D eigenvalue weighted by atomic mass is 9.94. The molecular weight excluding hydrogens is 642 g/mol. The van der Waals surface area contributed by atoms with Gasteiger partial charge in [0.2, 0.25) is 11.8 Å². The van der Waals surface area contributed by atoms with Gasteiger partial charge in [-0.25, -0.2) is 12.8 Å². The van der Waals surface area contributed by atoms with E-state index in [1.54, 1.807) is 12.1 Å². The predicted octanol–water partition coefficient (Wildman–Crippen LogP) is 6.82. The summed E-state index contributed by atoms with van der Waals surface area (Å²) in [6.45, 7) is 3.66. The van der Waals surface area contributed by atoms with Crippen LogP contribution in [0.25, 0.3) is 0 Å². The zero-order valence-electron chi connectivity index (χ0n) is 28.1. The number of nitrogens with zero attached hydrogens (tertiary/aromatic N) is 2. The fourth-order valence-electron chi connectivity index (χ4n) is 6.24. The van der Waals surface area contributed by atoms with Crippen LogP contribution in [0.5, 0.6) is 5.75 Å². The molecule has 1 aliphatic carbocycles. The molecule has 5 rings (SSSR count). The van der Waals surface area contributed by atoms with Crippen LogP contribution in [-0.2, 0) is 32.6 Å². The molecule has 0 bridgehead atoms. The summed E-state index contributed by atoms with van der Waals surface area (Å²) in [5, 5.41) is 3.22. The highest BCUT2D eigenvalue weighted by Crippen LogP contribution is 2.27. The fraction of sp³-hybridized carbons (Fsp3) is 0.333. The summed E-state index contributed by atoms with van der Waals surface area (Å²) in [7, 11) is -4.33. The lowest BCUT2D eigenvalue weighted by Crippen LogP contribution is -2.55. The van der Waals surface area contributed by atoms with Gasteiger partial charge in [-0.1, -0.05) is 79.4 Å². The molecule has 0 spiro atoms. The summed E-state index contributed by atoms with van der Waals surface area (Å²) in [4.78, 5) is 30.3. The largest absolute Gasteiger partial charge is 0.494 e. The minimum atomic E-state index is -4.33. The Morgan fingerprint density at radius 1 is 0.878 bits per heavy atom. The first-order valence-electron chi connectivity index (χ1n) is 16.8. The van der Waals surface area contributed by atoms with E-state index in [1.165, 1.54) is 29.2 Å². The van der Waals surface area contributed by atoms with Gasteiger partial charge in [0.15, 0.2) is 0 Å². The molecule has 1 aliphatic rings. The van der Waals surface area contributed by atoms with E-state index in [9.17, 15) is 22.4 Å². The van der Waals surface area contributed by atoms with Gasteiger partial charge in [0.25, 0.3) is 10.0 Å². The molecule has 1 unspecified atom stereocenters. The summed E-state index contributed by atoms with van der Waals surface area (Å²) in [6, 6.07) is 27.2. The first-order chi connectivity index (χ1) is 23.6. The van der Waals surface area contributed by atoms with Crippen LogP contribution in [0.4, 0.5) is 10.1 Å². The summed E-state index contributed by atoms with van der Waals surface area (Å²) >= 11 is 0. The van der Waals surface area contributed by atoms with Crippen molar-refractivity contribution in [3.05, 3.63) is 126 Å². The predicted molar refractivity (Wildman–Crippen MR) is 189 cm³/mol. The van der Waals surface area contributed by atoms with Crippen LogP contribution in [0.2, 0.25) is 0 Å². The van der Waals surface area contributed by atoms with Crippen molar-refractivity contribution in [3.63, 3.8) is 0 Å². The molecule has 2 amide bonds. The van der Waals surface area contributed by atoms with E-state index in [1.807, 2.05) is 68.4 Å². The van der Waals surface area contributed by atoms with Gasteiger partial charge in [-0.15, -0.1) is 0 Å². The maximum absolute atomic E-state index is 14.7. The van der Waals surface area contributed by atoms with E-state index >= 15 is 0 Å². The van der Waals surface area contributed by atoms with Gasteiger partial charge in [0.05, 0.1) is 17.2 Å². The third kappa shape index (κ3) is 9.47. The van der Waals surface area contributed by atoms with E-state index in [0.717, 1.165) is 65.2 Å². The van der Waals surface area contributed by atoms with Crippen molar-refractivity contribution >= 4 is 27.5 Å². The zero-order valence-corrected chi connectivity index (χ0v) is 28.9. The Morgan fingerprint density at radius 2 is 1.55 bits per heavy atom. The van der Waals surface area contributed by atoms with E-state index < -0.39 is 34.3 Å². The molecule has 8 nitrogen and oxygen atoms in total. The number of aryl methyl sites for hydroxylation is 1. The van der Waals surface area contributed by atoms with Crippen LogP contribution < -0.4 is 14.4 Å². The monoisotopic (exact) mass is 685 g/mol. The topological polar surface area (TPSA) is 96.0 Å². The Hall–Kier alpha value is -4.70. The third-order valence-electron chi connectivity index (χ3n) is 8.77. The minimum Gasteiger partial charge on any atom is -0.494 e. The van der Waals surface area contributed by atoms with E-state index in [2.05, 4.69) is 5.32 Å². The standard InChI is InChI=1S/C39H44FN3O5S/c1-3-48-35-21-23-36(24-22-35)49(46,47)43(34-19-17-32(40)18-20-34)28-38(44)42(27-31-14-10-11-29(2)25-31)37(26-30-12-6-4-7-13-30)39(45)41-33-15-8-5-9-16-33/h4,6-7,10-14,17-25,33,37H,3,5,8-9,15-16,26-28H2,1-2H3,(H,41,45). The lowest BCUT2D eigenvalue weighted by Gasteiger charge is -2.35. The highest BCUT2D eigenvalue weighted by Gasteiger charge is 2.35. The summed E-state index contributed by atoms with van der Waals surface area (Å²) < 4.78 is 49.0. The second-order valence-electron chi connectivity index (χ2n) is 12.5. The van der Waals surface area contributed by atoms with Gasteiger partial charge in [0, 0.05) is 19.0 Å². The smallest absolute Gasteiger partial charge is 0.264 e. The maximum atomic E-state index is 14.7. The number of halogens is 1. The van der Waals surface area contributed by atoms with Crippen molar-refractivity contribution in [2.75, 3.05) is 17.5 Å². The maximum Gasteiger partial charge on any atom is 0.264 e. The van der Waals surface area contributed by atoms with E-state index in [4.69, 9.17) is 4.74 Å². The van der Waals surface area contributed by atoms with Crippen LogP contribution in [0.3, 0.4) is 0 Å². The minimum absolute atomic E-state index is 0.00574. The summed E-state index contributed by atoms with van der Waals surface area (Å²) in [5.74, 6) is -0.890. The van der Waals surface area contributed by atoms with Gasteiger partial charge < -0.3 is 15.0 Å². The summed E-state index contributed by atoms with van der Waals surface area (Å²) in [5.41, 5.74) is 2.78. The highest BCUT2D eigenvalue weighted by molar-refractivity contribution is 7.92. The van der Waals surface area contributed by atoms with Crippen molar-refractivity contribution in [2.45, 2.75) is 75.9 Å². The molecule has 1 N–H and O–H groups in total. The SMILES string of the molecule is CCOc1ccc(S(=O)(=O)N(CC(=O)N(Cc2cccc(C)c2)C(Cc2ccccc2)C(=O)NC2CCCCC2)c2ccc(F)cc2)cc1. The van der Waals surface area contributed by atoms with Crippen molar-refractivity contribution in [1.29, 1.82) is 0 Å². The van der Waals surface area contributed by atoms with Gasteiger partial charge in [0.1, 0.15) is 24.2 Å². The van der Waals surface area contributed by atoms with Crippen molar-refractivity contribution < 1.29 is 27.1 Å². The molecule has 0 aliphatic heterocycles. The molecular formula is C39H44FN3O5S. The van der Waals surface area contributed by atoms with Crippen LogP contribution in [0, 0.1) is 12.7 Å². The van der Waals surface area contributed by atoms with E-state index in [0.29, 0.717) is 12.4 Å². The average Bonchev–Trinajstić information content (AvgIpc) is 3.10. The molecule has 49 heavy (non-hydrogen) atoms. The number of nitrogens with one attached hydrogen (secondary N) is 1. The van der Waals surface area contributed by atoms with Crippen LogP contribution in [-0.4, -0.2) is 50.4 Å². The van der Waals surface area contributed by atoms with Crippen molar-refractivity contribution in [3.8, 4) is 5.75 Å². The number of sulfonamides is 1. The zero-order chi connectivity index (χ0) is 34.8. The second kappa shape index (κ2) is 16.6. The van der Waals surface area contributed by atoms with Gasteiger partial charge in [-0.3, -0.25) is 13.9 Å². The van der Waals surface area contributed by atoms with Crippen LogP contribution in [0.1, 0.15) is 55.7 Å². The average molecular weight is 686 g/mol. The van der Waals surface area contributed by atoms with Gasteiger partial charge in [-0.05, 0) is 86.3 Å². The Labute approximate surface area is 289 Å². The molecule has 10 heteroatoms. The van der Waals surface area contributed by atoms with E-state index in [-0.39, 0.29) is 35.5 Å². The van der Waals surface area contributed by atoms with Crippen molar-refractivity contribution in [1.82, 2.24) is 10.2 Å². The quantitative estimate of drug-likeness (QED) is 0.157. The molecule has 1 fully saturated rings. The second-order valence-corrected chi connectivity index (χ2v) is 14.3. The molecule has 258 valence electrons. The number of anilines is 1. The Kier molecular flexibility index (Phi) is 12.1. The van der Waals surface area contributed by atoms with Gasteiger partial charge >= 0.3 is 0 Å². The number of hydrogen-bond donors (Lipinski definition) is 1.